The van der Waals surface area contributed by atoms with Crippen molar-refractivity contribution >= 4 is 23.4 Å². The summed E-state index contributed by atoms with van der Waals surface area (Å²) in [5.41, 5.74) is 1.70. The first-order valence-electron chi connectivity index (χ1n) is 8.20. The summed E-state index contributed by atoms with van der Waals surface area (Å²) in [6.07, 6.45) is 1.40. The number of rotatable bonds is 3. The maximum atomic E-state index is 12.9. The van der Waals surface area contributed by atoms with Crippen molar-refractivity contribution in [1.29, 1.82) is 0 Å². The number of nitrogens with zero attached hydrogens (tertiary/aromatic N) is 3. The van der Waals surface area contributed by atoms with Gasteiger partial charge in [-0.05, 0) is 38.0 Å². The first kappa shape index (κ1) is 16.5. The van der Waals surface area contributed by atoms with Gasteiger partial charge in [-0.25, -0.2) is 0 Å². The Labute approximate surface area is 142 Å². The molecule has 0 unspecified atom stereocenters. The molecule has 1 fully saturated rings. The van der Waals surface area contributed by atoms with Gasteiger partial charge in [-0.15, -0.1) is 0 Å². The molecule has 1 aromatic rings. The molecule has 0 spiro atoms. The lowest BCUT2D eigenvalue weighted by atomic mass is 9.93. The van der Waals surface area contributed by atoms with Crippen molar-refractivity contribution in [2.45, 2.75) is 32.2 Å². The maximum Gasteiger partial charge on any atom is 0.255 e. The number of amides is 3. The second kappa shape index (κ2) is 5.61. The van der Waals surface area contributed by atoms with E-state index in [4.69, 9.17) is 0 Å². The lowest BCUT2D eigenvalue weighted by molar-refractivity contribution is -0.130. The van der Waals surface area contributed by atoms with Crippen LogP contribution in [0.5, 0.6) is 0 Å². The van der Waals surface area contributed by atoms with Gasteiger partial charge in [0.2, 0.25) is 11.8 Å². The first-order valence-corrected chi connectivity index (χ1v) is 8.20. The Hall–Kier alpha value is -2.37. The molecular weight excluding hydrogens is 306 g/mol. The number of hydrogen-bond acceptors (Lipinski definition) is 3. The van der Waals surface area contributed by atoms with Crippen molar-refractivity contribution in [3.05, 3.63) is 29.3 Å². The van der Waals surface area contributed by atoms with E-state index in [-0.39, 0.29) is 24.3 Å². The highest BCUT2D eigenvalue weighted by atomic mass is 16.2. The molecule has 2 aliphatic heterocycles. The van der Waals surface area contributed by atoms with Crippen LogP contribution in [-0.4, -0.2) is 54.7 Å². The summed E-state index contributed by atoms with van der Waals surface area (Å²) in [7, 11) is 3.36. The lowest BCUT2D eigenvalue weighted by Gasteiger charge is -2.32. The molecule has 1 aromatic carbocycles. The molecule has 128 valence electrons. The Morgan fingerprint density at radius 1 is 1.25 bits per heavy atom. The second-order valence-corrected chi connectivity index (χ2v) is 7.12. The second-order valence-electron chi connectivity index (χ2n) is 7.12. The van der Waals surface area contributed by atoms with E-state index in [1.54, 1.807) is 30.0 Å². The summed E-state index contributed by atoms with van der Waals surface area (Å²) >= 11 is 0. The minimum atomic E-state index is -0.550. The van der Waals surface area contributed by atoms with Crippen LogP contribution in [-0.2, 0) is 15.1 Å². The summed E-state index contributed by atoms with van der Waals surface area (Å²) < 4.78 is 0. The summed E-state index contributed by atoms with van der Waals surface area (Å²) in [6.45, 7) is 4.63. The molecule has 0 radical (unpaired) electrons. The van der Waals surface area contributed by atoms with E-state index < -0.39 is 5.54 Å². The molecule has 0 aromatic heterocycles. The highest BCUT2D eigenvalue weighted by Gasteiger charge is 2.44. The van der Waals surface area contributed by atoms with Gasteiger partial charge in [0.1, 0.15) is 6.54 Å². The monoisotopic (exact) mass is 329 g/mol. The molecule has 2 heterocycles. The number of carbonyl (C=O) groups is 3. The van der Waals surface area contributed by atoms with E-state index >= 15 is 0 Å². The Morgan fingerprint density at radius 3 is 2.54 bits per heavy atom. The molecule has 0 aliphatic carbocycles. The molecule has 0 bridgehead atoms. The van der Waals surface area contributed by atoms with Crippen molar-refractivity contribution < 1.29 is 14.4 Å². The smallest absolute Gasteiger partial charge is 0.255 e. The summed E-state index contributed by atoms with van der Waals surface area (Å²) in [4.78, 5) is 41.7. The number of benzene rings is 1. The topological polar surface area (TPSA) is 60.9 Å². The molecule has 0 N–H and O–H groups in total. The number of hydrogen-bond donors (Lipinski definition) is 0. The Balaban J connectivity index is 1.95. The molecule has 2 aliphatic rings. The van der Waals surface area contributed by atoms with Crippen molar-refractivity contribution in [3.8, 4) is 0 Å². The first-order chi connectivity index (χ1) is 11.2. The van der Waals surface area contributed by atoms with Crippen LogP contribution in [0.15, 0.2) is 18.2 Å². The molecule has 1 saturated heterocycles. The van der Waals surface area contributed by atoms with E-state index in [1.165, 1.54) is 4.90 Å². The van der Waals surface area contributed by atoms with Crippen molar-refractivity contribution in [1.82, 2.24) is 9.80 Å². The minimum absolute atomic E-state index is 0.0471. The molecule has 6 nitrogen and oxygen atoms in total. The standard InChI is InChI=1S/C18H23N3O3/c1-18(2)14-8-7-12(20-9-5-6-15(20)22)10-13(14)17(24)21(18)11-16(23)19(3)4/h7-8,10H,5-6,9,11H2,1-4H3. The molecular formula is C18H23N3O3. The predicted molar refractivity (Wildman–Crippen MR) is 90.8 cm³/mol. The zero-order valence-electron chi connectivity index (χ0n) is 14.6. The zero-order valence-corrected chi connectivity index (χ0v) is 14.6. The number of likely N-dealkylation sites (N-methyl/N-ethyl adjacent to an activating group) is 1. The Morgan fingerprint density at radius 2 is 1.96 bits per heavy atom. The lowest BCUT2D eigenvalue weighted by Crippen LogP contribution is -2.45. The fourth-order valence-electron chi connectivity index (χ4n) is 3.42. The minimum Gasteiger partial charge on any atom is -0.347 e. The van der Waals surface area contributed by atoms with Crippen LogP contribution in [0.25, 0.3) is 0 Å². The zero-order chi connectivity index (χ0) is 17.6. The average molecular weight is 329 g/mol. The predicted octanol–water partition coefficient (Wildman–Crippen LogP) is 1.59. The van der Waals surface area contributed by atoms with Crippen molar-refractivity contribution in [3.63, 3.8) is 0 Å². The van der Waals surface area contributed by atoms with Gasteiger partial charge in [0.15, 0.2) is 0 Å². The van der Waals surface area contributed by atoms with Gasteiger partial charge in [-0.2, -0.15) is 0 Å². The van der Waals surface area contributed by atoms with E-state index in [1.807, 2.05) is 26.0 Å². The van der Waals surface area contributed by atoms with Crippen LogP contribution in [0.1, 0.15) is 42.6 Å². The highest BCUT2D eigenvalue weighted by Crippen LogP contribution is 2.40. The maximum absolute atomic E-state index is 12.9. The third kappa shape index (κ3) is 2.46. The third-order valence-corrected chi connectivity index (χ3v) is 4.99. The molecule has 6 heteroatoms. The van der Waals surface area contributed by atoms with Crippen LogP contribution in [0.4, 0.5) is 5.69 Å². The fraction of sp³-hybridized carbons (Fsp3) is 0.500. The van der Waals surface area contributed by atoms with Crippen LogP contribution < -0.4 is 4.90 Å². The summed E-state index contributed by atoms with van der Waals surface area (Å²) in [5.74, 6) is -0.169. The molecule has 0 saturated carbocycles. The van der Waals surface area contributed by atoms with Gasteiger partial charge in [0, 0.05) is 38.3 Å². The Kier molecular flexibility index (Phi) is 3.86. The highest BCUT2D eigenvalue weighted by molar-refractivity contribution is 6.04. The van der Waals surface area contributed by atoms with Gasteiger partial charge in [-0.3, -0.25) is 14.4 Å². The molecule has 24 heavy (non-hydrogen) atoms. The van der Waals surface area contributed by atoms with E-state index in [0.717, 1.165) is 17.7 Å². The van der Waals surface area contributed by atoms with Crippen molar-refractivity contribution in [2.24, 2.45) is 0 Å². The fourth-order valence-corrected chi connectivity index (χ4v) is 3.42. The van der Waals surface area contributed by atoms with E-state index in [9.17, 15) is 14.4 Å². The van der Waals surface area contributed by atoms with E-state index in [2.05, 4.69) is 0 Å². The van der Waals surface area contributed by atoms with Gasteiger partial charge in [0.25, 0.3) is 5.91 Å². The van der Waals surface area contributed by atoms with Crippen LogP contribution in [0.2, 0.25) is 0 Å². The third-order valence-electron chi connectivity index (χ3n) is 4.99. The van der Waals surface area contributed by atoms with Crippen LogP contribution in [0, 0.1) is 0 Å². The number of carbonyl (C=O) groups excluding carboxylic acids is 3. The SMILES string of the molecule is CN(C)C(=O)CN1C(=O)c2cc(N3CCCC3=O)ccc2C1(C)C. The van der Waals surface area contributed by atoms with Crippen LogP contribution >= 0.6 is 0 Å². The van der Waals surface area contributed by atoms with Crippen molar-refractivity contribution in [2.75, 3.05) is 32.1 Å². The van der Waals surface area contributed by atoms with Gasteiger partial charge >= 0.3 is 0 Å². The van der Waals surface area contributed by atoms with Crippen LogP contribution in [0.3, 0.4) is 0 Å². The Bertz CT molecular complexity index is 724. The van der Waals surface area contributed by atoms with Gasteiger partial charge in [0.05, 0.1) is 5.54 Å². The number of fused-ring (bicyclic) bond motifs is 1. The molecule has 0 atom stereocenters. The average Bonchev–Trinajstić information content (AvgIpc) is 3.03. The normalized spacial score (nSPS) is 19.0. The summed E-state index contributed by atoms with van der Waals surface area (Å²) in [5, 5.41) is 0. The molecule has 3 rings (SSSR count). The van der Waals surface area contributed by atoms with Gasteiger partial charge < -0.3 is 14.7 Å². The quantitative estimate of drug-likeness (QED) is 0.846. The van der Waals surface area contributed by atoms with E-state index in [0.29, 0.717) is 18.5 Å². The summed E-state index contributed by atoms with van der Waals surface area (Å²) in [6, 6.07) is 5.60. The number of anilines is 1. The molecule has 3 amide bonds. The largest absolute Gasteiger partial charge is 0.347 e. The van der Waals surface area contributed by atoms with Gasteiger partial charge in [-0.1, -0.05) is 6.07 Å².